The van der Waals surface area contributed by atoms with Crippen molar-refractivity contribution in [1.29, 1.82) is 0 Å². The van der Waals surface area contributed by atoms with Crippen LogP contribution in [0.2, 0.25) is 0 Å². The molecule has 1 atom stereocenters. The molecule has 1 N–H and O–H groups in total. The summed E-state index contributed by atoms with van der Waals surface area (Å²) in [4.78, 5) is 0. The fourth-order valence-electron chi connectivity index (χ4n) is 1.62. The lowest BCUT2D eigenvalue weighted by Gasteiger charge is -2.24. The van der Waals surface area contributed by atoms with E-state index in [-0.39, 0.29) is 24.2 Å². The summed E-state index contributed by atoms with van der Waals surface area (Å²) >= 11 is 0. The summed E-state index contributed by atoms with van der Waals surface area (Å²) in [5.41, 5.74) is 0. The smallest absolute Gasteiger partial charge is 0.161 e. The van der Waals surface area contributed by atoms with Crippen LogP contribution in [0.4, 0.5) is 0 Å². The average molecular weight is 242 g/mol. The molecule has 2 rings (SSSR count). The van der Waals surface area contributed by atoms with E-state index in [0.29, 0.717) is 13.2 Å². The van der Waals surface area contributed by atoms with Gasteiger partial charge in [-0.2, -0.15) is 0 Å². The Morgan fingerprint density at radius 2 is 2.29 bits per heavy atom. The maximum absolute atomic E-state index is 7.53. The zero-order valence-corrected chi connectivity index (χ0v) is 9.44. The molecule has 4 nitrogen and oxygen atoms in total. The van der Waals surface area contributed by atoms with Crippen LogP contribution >= 0.6 is 0 Å². The molecular weight excluding hydrogens is 218 g/mol. The lowest BCUT2D eigenvalue weighted by atomic mass is 10.3. The summed E-state index contributed by atoms with van der Waals surface area (Å²) in [7, 11) is 0. The zero-order valence-electron chi connectivity index (χ0n) is 14.4. The van der Waals surface area contributed by atoms with Crippen molar-refractivity contribution in [1.82, 2.24) is 5.32 Å². The fraction of sp³-hybridized carbons (Fsp3) is 0.538. The molecule has 0 aromatic heterocycles. The Hall–Kier alpha value is -1.26. The molecule has 0 saturated carbocycles. The number of nitrogens with one attached hydrogen (secondary N) is 1. The number of para-hydroxylation sites is 2. The van der Waals surface area contributed by atoms with Gasteiger partial charge < -0.3 is 19.5 Å². The summed E-state index contributed by atoms with van der Waals surface area (Å²) in [6.07, 6.45) is -0.110. The molecule has 1 aromatic carbocycles. The predicted octanol–water partition coefficient (Wildman–Crippen LogP) is 1.45. The minimum atomic E-state index is -2.89. The molecule has 1 aliphatic rings. The highest BCUT2D eigenvalue weighted by Gasteiger charge is 2.14. The van der Waals surface area contributed by atoms with Crippen LogP contribution in [0.15, 0.2) is 24.3 Å². The first-order valence-electron chi connectivity index (χ1n) is 8.03. The topological polar surface area (TPSA) is 39.7 Å². The number of benzene rings is 1. The van der Waals surface area contributed by atoms with E-state index < -0.39 is 13.4 Å². The summed E-state index contributed by atoms with van der Waals surface area (Å²) < 4.78 is 52.7. The monoisotopic (exact) mass is 242 g/mol. The van der Waals surface area contributed by atoms with E-state index in [9.17, 15) is 0 Å². The molecule has 1 heterocycles. The van der Waals surface area contributed by atoms with Crippen molar-refractivity contribution in [2.45, 2.75) is 13.0 Å². The van der Waals surface area contributed by atoms with Gasteiger partial charge in [0.1, 0.15) is 12.7 Å². The zero-order chi connectivity index (χ0) is 16.2. The number of morpholine rings is 1. The van der Waals surface area contributed by atoms with Gasteiger partial charge in [0.15, 0.2) is 11.5 Å². The number of hydrogen-bond acceptors (Lipinski definition) is 4. The summed E-state index contributed by atoms with van der Waals surface area (Å²) in [6.45, 7) is -3.35. The molecule has 1 unspecified atom stereocenters. The van der Waals surface area contributed by atoms with Gasteiger partial charge in [0.25, 0.3) is 0 Å². The molecule has 0 amide bonds. The van der Waals surface area contributed by atoms with Crippen molar-refractivity contribution in [2.24, 2.45) is 0 Å². The second-order valence-corrected chi connectivity index (χ2v) is 3.66. The lowest BCUT2D eigenvalue weighted by molar-refractivity contribution is -0.000350. The fourth-order valence-corrected chi connectivity index (χ4v) is 1.62. The van der Waals surface area contributed by atoms with Crippen LogP contribution in [0.3, 0.4) is 0 Å². The van der Waals surface area contributed by atoms with Crippen molar-refractivity contribution in [3.63, 3.8) is 0 Å². The van der Waals surface area contributed by atoms with Crippen LogP contribution in [-0.4, -0.2) is 39.0 Å². The van der Waals surface area contributed by atoms with Crippen molar-refractivity contribution in [3.05, 3.63) is 24.3 Å². The Kier molecular flexibility index (Phi) is 2.75. The van der Waals surface area contributed by atoms with Crippen LogP contribution in [0.25, 0.3) is 0 Å². The maximum Gasteiger partial charge on any atom is 0.161 e. The molecular formula is C13H19NO3. The van der Waals surface area contributed by atoms with Gasteiger partial charge in [0.05, 0.1) is 15.9 Å². The standard InChI is InChI=1S/C13H19NO3/c1-2-15-12-5-3-4-6-13(12)17-10-11-9-14-7-8-16-11/h3-6,11,14H,2,7-10H2,1H3/i1D3,2D2. The third-order valence-corrected chi connectivity index (χ3v) is 2.44. The highest BCUT2D eigenvalue weighted by Crippen LogP contribution is 2.26. The van der Waals surface area contributed by atoms with E-state index >= 15 is 0 Å². The molecule has 1 aromatic rings. The highest BCUT2D eigenvalue weighted by atomic mass is 16.5. The Morgan fingerprint density at radius 3 is 3.00 bits per heavy atom. The SMILES string of the molecule is [2H]C([2H])([2H])C([2H])([2H])Oc1ccccc1OCC1CNCCO1. The summed E-state index contributed by atoms with van der Waals surface area (Å²) in [5.74, 6) is 0.331. The van der Waals surface area contributed by atoms with E-state index in [2.05, 4.69) is 5.32 Å². The van der Waals surface area contributed by atoms with Gasteiger partial charge in [0, 0.05) is 17.2 Å². The average Bonchev–Trinajstić information content (AvgIpc) is 2.46. The van der Waals surface area contributed by atoms with Crippen LogP contribution in [0.1, 0.15) is 13.7 Å². The molecule has 4 heteroatoms. The Bertz CT molecular complexity index is 489. The van der Waals surface area contributed by atoms with E-state index in [1.54, 1.807) is 18.2 Å². The molecule has 1 fully saturated rings. The molecule has 0 spiro atoms. The third kappa shape index (κ3) is 3.61. The maximum atomic E-state index is 7.53. The minimum absolute atomic E-state index is 0.0485. The minimum Gasteiger partial charge on any atom is -0.490 e. The van der Waals surface area contributed by atoms with Crippen molar-refractivity contribution < 1.29 is 21.1 Å². The van der Waals surface area contributed by atoms with Crippen LogP contribution in [-0.2, 0) is 4.74 Å². The first kappa shape index (κ1) is 7.24. The van der Waals surface area contributed by atoms with E-state index in [1.165, 1.54) is 6.07 Å². The number of ether oxygens (including phenoxy) is 3. The van der Waals surface area contributed by atoms with Gasteiger partial charge in [-0.05, 0) is 19.0 Å². The van der Waals surface area contributed by atoms with E-state index in [4.69, 9.17) is 21.1 Å². The summed E-state index contributed by atoms with van der Waals surface area (Å²) in [5, 5.41) is 3.17. The molecule has 0 bridgehead atoms. The normalized spacial score (nSPS) is 25.9. The Morgan fingerprint density at radius 1 is 1.47 bits per heavy atom. The van der Waals surface area contributed by atoms with Gasteiger partial charge in [0.2, 0.25) is 0 Å². The van der Waals surface area contributed by atoms with Crippen LogP contribution < -0.4 is 14.8 Å². The molecule has 1 saturated heterocycles. The first-order valence-corrected chi connectivity index (χ1v) is 5.53. The number of rotatable bonds is 5. The largest absolute Gasteiger partial charge is 0.490 e. The quantitative estimate of drug-likeness (QED) is 0.848. The summed E-state index contributed by atoms with van der Waals surface area (Å²) in [6, 6.07) is 6.39. The second-order valence-electron chi connectivity index (χ2n) is 3.66. The van der Waals surface area contributed by atoms with Crippen molar-refractivity contribution in [2.75, 3.05) is 32.9 Å². The van der Waals surface area contributed by atoms with Crippen molar-refractivity contribution >= 4 is 0 Å². The molecule has 1 aliphatic heterocycles. The van der Waals surface area contributed by atoms with Gasteiger partial charge in [-0.3, -0.25) is 0 Å². The van der Waals surface area contributed by atoms with E-state index in [1.807, 2.05) is 0 Å². The van der Waals surface area contributed by atoms with Gasteiger partial charge in [-0.15, -0.1) is 0 Å². The highest BCUT2D eigenvalue weighted by molar-refractivity contribution is 5.39. The first-order chi connectivity index (χ1) is 10.3. The van der Waals surface area contributed by atoms with Gasteiger partial charge >= 0.3 is 0 Å². The Labute approximate surface area is 109 Å². The van der Waals surface area contributed by atoms with Crippen molar-refractivity contribution in [3.8, 4) is 11.5 Å². The molecule has 0 radical (unpaired) electrons. The third-order valence-electron chi connectivity index (χ3n) is 2.44. The molecule has 17 heavy (non-hydrogen) atoms. The second kappa shape index (κ2) is 6.47. The van der Waals surface area contributed by atoms with Crippen LogP contribution in [0, 0.1) is 0 Å². The lowest BCUT2D eigenvalue weighted by Crippen LogP contribution is -2.41. The van der Waals surface area contributed by atoms with E-state index in [0.717, 1.165) is 6.54 Å². The van der Waals surface area contributed by atoms with Gasteiger partial charge in [-0.1, -0.05) is 12.1 Å². The predicted molar refractivity (Wildman–Crippen MR) is 65.7 cm³/mol. The van der Waals surface area contributed by atoms with Crippen LogP contribution in [0.5, 0.6) is 11.5 Å². The molecule has 94 valence electrons. The molecule has 0 aliphatic carbocycles. The Balaban J connectivity index is 2.03. The van der Waals surface area contributed by atoms with Gasteiger partial charge in [-0.25, -0.2) is 0 Å². The number of hydrogen-bond donors (Lipinski definition) is 1.